The number of hydrogen-bond donors (Lipinski definition) is 1. The van der Waals surface area contributed by atoms with E-state index in [1.807, 2.05) is 0 Å². The van der Waals surface area contributed by atoms with Crippen LogP contribution in [0.5, 0.6) is 0 Å². The molecule has 1 fully saturated rings. The average Bonchev–Trinajstić information content (AvgIpc) is 2.68. The van der Waals surface area contributed by atoms with Crippen molar-refractivity contribution in [3.63, 3.8) is 0 Å². The summed E-state index contributed by atoms with van der Waals surface area (Å²) in [6.45, 7) is 1.68. The van der Waals surface area contributed by atoms with E-state index in [0.29, 0.717) is 32.7 Å². The van der Waals surface area contributed by atoms with Crippen LogP contribution in [0.1, 0.15) is 16.8 Å². The van der Waals surface area contributed by atoms with Crippen LogP contribution in [0.3, 0.4) is 0 Å². The van der Waals surface area contributed by atoms with Gasteiger partial charge in [0.25, 0.3) is 0 Å². The fourth-order valence-corrected chi connectivity index (χ4v) is 3.34. The van der Waals surface area contributed by atoms with Crippen molar-refractivity contribution in [2.75, 3.05) is 26.3 Å². The van der Waals surface area contributed by atoms with Gasteiger partial charge in [-0.1, -0.05) is 0 Å². The summed E-state index contributed by atoms with van der Waals surface area (Å²) in [4.78, 5) is 10.8. The lowest BCUT2D eigenvalue weighted by Crippen LogP contribution is -2.33. The van der Waals surface area contributed by atoms with E-state index >= 15 is 0 Å². The van der Waals surface area contributed by atoms with Crippen LogP contribution in [0, 0.1) is 0 Å². The van der Waals surface area contributed by atoms with Gasteiger partial charge in [0.05, 0.1) is 17.1 Å². The lowest BCUT2D eigenvalue weighted by atomic mass is 10.2. The first-order chi connectivity index (χ1) is 9.01. The van der Waals surface area contributed by atoms with Crippen molar-refractivity contribution in [1.29, 1.82) is 0 Å². The smallest absolute Gasteiger partial charge is 0.335 e. The second kappa shape index (κ2) is 5.68. The number of carboxylic acids is 1. The SMILES string of the molecule is O=C(O)c1ccc(S(=O)(=O)N2CCCOCC2)cc1. The molecule has 0 spiro atoms. The van der Waals surface area contributed by atoms with Gasteiger partial charge in [-0.05, 0) is 30.7 Å². The minimum absolute atomic E-state index is 0.0677. The molecule has 1 aromatic carbocycles. The van der Waals surface area contributed by atoms with Crippen LogP contribution in [-0.2, 0) is 14.8 Å². The molecule has 7 heteroatoms. The van der Waals surface area contributed by atoms with Crippen LogP contribution in [0.15, 0.2) is 29.2 Å². The molecule has 2 rings (SSSR count). The monoisotopic (exact) mass is 285 g/mol. The fraction of sp³-hybridized carbons (Fsp3) is 0.417. The van der Waals surface area contributed by atoms with Crippen LogP contribution in [0.2, 0.25) is 0 Å². The second-order valence-corrected chi connectivity index (χ2v) is 6.14. The predicted molar refractivity (Wildman–Crippen MR) is 67.6 cm³/mol. The zero-order valence-electron chi connectivity index (χ0n) is 10.3. The van der Waals surface area contributed by atoms with Crippen molar-refractivity contribution in [1.82, 2.24) is 4.31 Å². The molecule has 1 aliphatic heterocycles. The molecule has 104 valence electrons. The van der Waals surface area contributed by atoms with Crippen molar-refractivity contribution < 1.29 is 23.1 Å². The Balaban J connectivity index is 2.25. The Morgan fingerprint density at radius 3 is 2.47 bits per heavy atom. The van der Waals surface area contributed by atoms with Gasteiger partial charge in [-0.25, -0.2) is 13.2 Å². The highest BCUT2D eigenvalue weighted by atomic mass is 32.2. The molecule has 0 unspecified atom stereocenters. The Morgan fingerprint density at radius 1 is 1.16 bits per heavy atom. The van der Waals surface area contributed by atoms with Crippen molar-refractivity contribution >= 4 is 16.0 Å². The van der Waals surface area contributed by atoms with E-state index in [9.17, 15) is 13.2 Å². The summed E-state index contributed by atoms with van der Waals surface area (Å²) >= 11 is 0. The van der Waals surface area contributed by atoms with Crippen LogP contribution in [-0.4, -0.2) is 50.1 Å². The highest BCUT2D eigenvalue weighted by Crippen LogP contribution is 2.17. The highest BCUT2D eigenvalue weighted by Gasteiger charge is 2.25. The molecular formula is C12H15NO5S. The quantitative estimate of drug-likeness (QED) is 0.888. The molecule has 1 aliphatic rings. The third kappa shape index (κ3) is 3.12. The molecule has 1 aromatic rings. The molecule has 0 atom stereocenters. The van der Waals surface area contributed by atoms with Gasteiger partial charge in [0.1, 0.15) is 0 Å². The lowest BCUT2D eigenvalue weighted by Gasteiger charge is -2.19. The highest BCUT2D eigenvalue weighted by molar-refractivity contribution is 7.89. The molecule has 1 heterocycles. The Bertz CT molecular complexity index is 544. The summed E-state index contributed by atoms with van der Waals surface area (Å²) in [5, 5.41) is 8.79. The molecule has 0 radical (unpaired) electrons. The predicted octanol–water partition coefficient (Wildman–Crippen LogP) is 0.796. The summed E-state index contributed by atoms with van der Waals surface area (Å²) in [5.41, 5.74) is 0.0677. The van der Waals surface area contributed by atoms with Crippen LogP contribution in [0.25, 0.3) is 0 Å². The van der Waals surface area contributed by atoms with Gasteiger partial charge < -0.3 is 9.84 Å². The van der Waals surface area contributed by atoms with Crippen molar-refractivity contribution in [2.24, 2.45) is 0 Å². The average molecular weight is 285 g/mol. The maximum Gasteiger partial charge on any atom is 0.335 e. The summed E-state index contributed by atoms with van der Waals surface area (Å²) in [6, 6.07) is 5.24. The molecule has 0 saturated carbocycles. The summed E-state index contributed by atoms with van der Waals surface area (Å²) in [5.74, 6) is -1.08. The minimum Gasteiger partial charge on any atom is -0.478 e. The molecular weight excluding hydrogens is 270 g/mol. The Morgan fingerprint density at radius 2 is 1.84 bits per heavy atom. The summed E-state index contributed by atoms with van der Waals surface area (Å²) < 4.78 is 31.3. The van der Waals surface area contributed by atoms with Gasteiger partial charge in [0.2, 0.25) is 10.0 Å². The van der Waals surface area contributed by atoms with Crippen LogP contribution >= 0.6 is 0 Å². The number of rotatable bonds is 3. The molecule has 0 bridgehead atoms. The first-order valence-electron chi connectivity index (χ1n) is 5.93. The minimum atomic E-state index is -3.57. The number of hydrogen-bond acceptors (Lipinski definition) is 4. The van der Waals surface area contributed by atoms with E-state index in [1.54, 1.807) is 0 Å². The first-order valence-corrected chi connectivity index (χ1v) is 7.37. The third-order valence-electron chi connectivity index (χ3n) is 2.92. The molecule has 0 aliphatic carbocycles. The van der Waals surface area contributed by atoms with Gasteiger partial charge in [-0.3, -0.25) is 0 Å². The number of benzene rings is 1. The molecule has 1 N–H and O–H groups in total. The number of carboxylic acid groups (broad SMARTS) is 1. The van der Waals surface area contributed by atoms with E-state index < -0.39 is 16.0 Å². The van der Waals surface area contributed by atoms with Crippen molar-refractivity contribution in [3.05, 3.63) is 29.8 Å². The van der Waals surface area contributed by atoms with Gasteiger partial charge in [0.15, 0.2) is 0 Å². The maximum absolute atomic E-state index is 12.3. The number of nitrogens with zero attached hydrogens (tertiary/aromatic N) is 1. The Labute approximate surface area is 111 Å². The van der Waals surface area contributed by atoms with E-state index in [1.165, 1.54) is 28.6 Å². The van der Waals surface area contributed by atoms with Gasteiger partial charge >= 0.3 is 5.97 Å². The van der Waals surface area contributed by atoms with E-state index in [2.05, 4.69) is 0 Å². The largest absolute Gasteiger partial charge is 0.478 e. The topological polar surface area (TPSA) is 83.9 Å². The molecule has 0 amide bonds. The zero-order valence-corrected chi connectivity index (χ0v) is 11.1. The zero-order chi connectivity index (χ0) is 13.9. The summed E-state index contributed by atoms with van der Waals surface area (Å²) in [6.07, 6.45) is 0.659. The third-order valence-corrected chi connectivity index (χ3v) is 4.83. The van der Waals surface area contributed by atoms with Gasteiger partial charge in [0, 0.05) is 19.7 Å². The number of sulfonamides is 1. The Hall–Kier alpha value is -1.44. The molecule has 1 saturated heterocycles. The number of ether oxygens (including phenoxy) is 1. The summed E-state index contributed by atoms with van der Waals surface area (Å²) in [7, 11) is -3.57. The first kappa shape index (κ1) is 14.0. The van der Waals surface area contributed by atoms with Gasteiger partial charge in [-0.2, -0.15) is 4.31 Å². The standard InChI is InChI=1S/C12H15NO5S/c14-12(15)10-2-4-11(5-3-10)19(16,17)13-6-1-8-18-9-7-13/h2-5H,1,6-9H2,(H,14,15). The molecule has 19 heavy (non-hydrogen) atoms. The number of carbonyl (C=O) groups is 1. The second-order valence-electron chi connectivity index (χ2n) is 4.20. The lowest BCUT2D eigenvalue weighted by molar-refractivity contribution is 0.0696. The van der Waals surface area contributed by atoms with E-state index in [-0.39, 0.29) is 10.5 Å². The molecule has 0 aromatic heterocycles. The van der Waals surface area contributed by atoms with Crippen LogP contribution in [0.4, 0.5) is 0 Å². The normalized spacial score (nSPS) is 17.9. The van der Waals surface area contributed by atoms with Gasteiger partial charge in [-0.15, -0.1) is 0 Å². The fourth-order valence-electron chi connectivity index (χ4n) is 1.88. The maximum atomic E-state index is 12.3. The Kier molecular flexibility index (Phi) is 4.18. The van der Waals surface area contributed by atoms with Crippen molar-refractivity contribution in [3.8, 4) is 0 Å². The molecule has 6 nitrogen and oxygen atoms in total. The number of aromatic carboxylic acids is 1. The van der Waals surface area contributed by atoms with E-state index in [0.717, 1.165) is 0 Å². The van der Waals surface area contributed by atoms with Crippen LogP contribution < -0.4 is 0 Å². The van der Waals surface area contributed by atoms with Crippen molar-refractivity contribution in [2.45, 2.75) is 11.3 Å². The van der Waals surface area contributed by atoms with E-state index in [4.69, 9.17) is 9.84 Å².